The minimum atomic E-state index is -0.295. The van der Waals surface area contributed by atoms with Crippen LogP contribution in [0.1, 0.15) is 19.2 Å². The van der Waals surface area contributed by atoms with Crippen molar-refractivity contribution in [3.8, 4) is 0 Å². The van der Waals surface area contributed by atoms with Crippen molar-refractivity contribution in [1.82, 2.24) is 20.1 Å². The van der Waals surface area contributed by atoms with Gasteiger partial charge in [-0.05, 0) is 19.1 Å². The number of fused-ring (bicyclic) bond motifs is 1. The molecule has 8 nitrogen and oxygen atoms in total. The molecule has 2 amide bonds. The molecule has 1 fully saturated rings. The van der Waals surface area contributed by atoms with Crippen molar-refractivity contribution in [3.05, 3.63) is 30.2 Å². The second kappa shape index (κ2) is 8.66. The number of esters is 1. The number of hydrogen-bond acceptors (Lipinski definition) is 6. The fraction of sp³-hybridized carbons (Fsp3) is 0.500. The number of ether oxygens (including phenoxy) is 1. The van der Waals surface area contributed by atoms with E-state index in [1.165, 1.54) is 0 Å². The molecule has 0 bridgehead atoms. The molecule has 2 aromatic rings. The van der Waals surface area contributed by atoms with Gasteiger partial charge in [0.2, 0.25) is 5.89 Å². The minimum Gasteiger partial charge on any atom is -0.466 e. The Morgan fingerprint density at radius 1 is 1.23 bits per heavy atom. The Bertz CT molecular complexity index is 719. The molecule has 0 spiro atoms. The van der Waals surface area contributed by atoms with Crippen LogP contribution in [0.4, 0.5) is 4.79 Å². The Morgan fingerprint density at radius 3 is 2.73 bits per heavy atom. The number of benzene rings is 1. The van der Waals surface area contributed by atoms with E-state index in [0.29, 0.717) is 38.7 Å². The number of para-hydroxylation sites is 2. The van der Waals surface area contributed by atoms with E-state index in [4.69, 9.17) is 9.15 Å². The summed E-state index contributed by atoms with van der Waals surface area (Å²) in [4.78, 5) is 31.9. The van der Waals surface area contributed by atoms with E-state index in [-0.39, 0.29) is 18.4 Å². The smallest absolute Gasteiger partial charge is 0.317 e. The molecule has 26 heavy (non-hydrogen) atoms. The molecule has 8 heteroatoms. The van der Waals surface area contributed by atoms with Crippen molar-refractivity contribution in [3.63, 3.8) is 0 Å². The molecule has 1 aromatic heterocycles. The Morgan fingerprint density at radius 2 is 2.00 bits per heavy atom. The highest BCUT2D eigenvalue weighted by atomic mass is 16.5. The number of aromatic nitrogens is 1. The maximum Gasteiger partial charge on any atom is 0.317 e. The van der Waals surface area contributed by atoms with E-state index in [9.17, 15) is 9.59 Å². The van der Waals surface area contributed by atoms with Gasteiger partial charge < -0.3 is 19.4 Å². The maximum atomic E-state index is 12.1. The molecule has 0 radical (unpaired) electrons. The zero-order valence-corrected chi connectivity index (χ0v) is 14.9. The fourth-order valence-electron chi connectivity index (χ4n) is 2.90. The number of oxazole rings is 1. The van der Waals surface area contributed by atoms with Crippen LogP contribution in [-0.4, -0.2) is 66.1 Å². The van der Waals surface area contributed by atoms with E-state index in [2.05, 4.69) is 15.2 Å². The second-order valence-corrected chi connectivity index (χ2v) is 6.13. The van der Waals surface area contributed by atoms with Crippen molar-refractivity contribution >= 4 is 23.1 Å². The van der Waals surface area contributed by atoms with Crippen LogP contribution >= 0.6 is 0 Å². The standard InChI is InChI=1S/C18H24N4O4/c1-2-25-17(23)7-8-19-18(24)22-11-9-21(10-12-22)13-16-20-14-5-3-4-6-15(14)26-16/h3-6H,2,7-13H2,1H3,(H,19,24). The van der Waals surface area contributed by atoms with Gasteiger partial charge in [0.25, 0.3) is 0 Å². The molecular weight excluding hydrogens is 336 g/mol. The number of hydrogen-bond donors (Lipinski definition) is 1. The normalized spacial score (nSPS) is 15.2. The zero-order valence-electron chi connectivity index (χ0n) is 14.9. The van der Waals surface area contributed by atoms with Crippen LogP contribution in [0.5, 0.6) is 0 Å². The van der Waals surface area contributed by atoms with Gasteiger partial charge in [0.05, 0.1) is 19.6 Å². The minimum absolute atomic E-state index is 0.143. The van der Waals surface area contributed by atoms with E-state index in [1.807, 2.05) is 24.3 Å². The van der Waals surface area contributed by atoms with Gasteiger partial charge in [-0.2, -0.15) is 0 Å². The van der Waals surface area contributed by atoms with Crippen LogP contribution in [0.3, 0.4) is 0 Å². The molecule has 3 rings (SSSR count). The molecule has 0 saturated carbocycles. The molecule has 1 saturated heterocycles. The van der Waals surface area contributed by atoms with Crippen LogP contribution in [0.25, 0.3) is 11.1 Å². The van der Waals surface area contributed by atoms with Gasteiger partial charge in [0, 0.05) is 32.7 Å². The lowest BCUT2D eigenvalue weighted by Gasteiger charge is -2.33. The van der Waals surface area contributed by atoms with Gasteiger partial charge in [-0.3, -0.25) is 9.69 Å². The molecular formula is C18H24N4O4. The summed E-state index contributed by atoms with van der Waals surface area (Å²) in [5.74, 6) is 0.398. The van der Waals surface area contributed by atoms with Gasteiger partial charge in [0.15, 0.2) is 5.58 Å². The van der Waals surface area contributed by atoms with Crippen LogP contribution in [0, 0.1) is 0 Å². The number of piperazine rings is 1. The first kappa shape index (κ1) is 18.2. The zero-order chi connectivity index (χ0) is 18.4. The molecule has 1 aliphatic heterocycles. The maximum absolute atomic E-state index is 12.1. The highest BCUT2D eigenvalue weighted by Gasteiger charge is 2.22. The second-order valence-electron chi connectivity index (χ2n) is 6.13. The van der Waals surface area contributed by atoms with E-state index in [1.54, 1.807) is 11.8 Å². The predicted octanol–water partition coefficient (Wildman–Crippen LogP) is 1.61. The van der Waals surface area contributed by atoms with E-state index >= 15 is 0 Å². The van der Waals surface area contributed by atoms with E-state index < -0.39 is 0 Å². The Balaban J connectivity index is 1.40. The van der Waals surface area contributed by atoms with Crippen LogP contribution < -0.4 is 5.32 Å². The summed E-state index contributed by atoms with van der Waals surface area (Å²) < 4.78 is 10.6. The van der Waals surface area contributed by atoms with Gasteiger partial charge in [0.1, 0.15) is 5.52 Å². The van der Waals surface area contributed by atoms with Crippen molar-refractivity contribution in [1.29, 1.82) is 0 Å². The molecule has 0 unspecified atom stereocenters. The summed E-state index contributed by atoms with van der Waals surface area (Å²) in [6.45, 7) is 5.81. The Kier molecular flexibility index (Phi) is 6.06. The van der Waals surface area contributed by atoms with Crippen LogP contribution in [0.2, 0.25) is 0 Å². The summed E-state index contributed by atoms with van der Waals surface area (Å²) >= 11 is 0. The molecule has 2 heterocycles. The van der Waals surface area contributed by atoms with Gasteiger partial charge in [-0.25, -0.2) is 9.78 Å². The molecule has 1 aromatic carbocycles. The van der Waals surface area contributed by atoms with Crippen molar-refractivity contribution in [2.75, 3.05) is 39.3 Å². The van der Waals surface area contributed by atoms with E-state index in [0.717, 1.165) is 24.2 Å². The Hall–Kier alpha value is -2.61. The number of carbonyl (C=O) groups is 2. The molecule has 1 N–H and O–H groups in total. The van der Waals surface area contributed by atoms with Gasteiger partial charge in [-0.1, -0.05) is 12.1 Å². The molecule has 1 aliphatic rings. The first-order valence-electron chi connectivity index (χ1n) is 8.91. The molecule has 0 atom stereocenters. The number of amides is 2. The average Bonchev–Trinajstić information content (AvgIpc) is 3.04. The third-order valence-corrected chi connectivity index (χ3v) is 4.27. The Labute approximate surface area is 152 Å². The number of rotatable bonds is 6. The van der Waals surface area contributed by atoms with Crippen molar-refractivity contribution in [2.45, 2.75) is 19.9 Å². The third kappa shape index (κ3) is 4.72. The third-order valence-electron chi connectivity index (χ3n) is 4.27. The lowest BCUT2D eigenvalue weighted by atomic mass is 10.3. The largest absolute Gasteiger partial charge is 0.466 e. The topological polar surface area (TPSA) is 87.9 Å². The number of urea groups is 1. The number of nitrogens with one attached hydrogen (secondary N) is 1. The summed E-state index contributed by atoms with van der Waals surface area (Å²) in [5.41, 5.74) is 1.66. The van der Waals surface area contributed by atoms with Gasteiger partial charge in [-0.15, -0.1) is 0 Å². The first-order chi connectivity index (χ1) is 12.7. The van der Waals surface area contributed by atoms with Crippen LogP contribution in [0.15, 0.2) is 28.7 Å². The monoisotopic (exact) mass is 360 g/mol. The summed E-state index contributed by atoms with van der Waals surface area (Å²) in [5, 5.41) is 2.76. The van der Waals surface area contributed by atoms with Crippen molar-refractivity contribution in [2.24, 2.45) is 0 Å². The van der Waals surface area contributed by atoms with Crippen LogP contribution in [-0.2, 0) is 16.1 Å². The molecule has 0 aliphatic carbocycles. The fourth-order valence-corrected chi connectivity index (χ4v) is 2.90. The predicted molar refractivity (Wildman–Crippen MR) is 95.5 cm³/mol. The highest BCUT2D eigenvalue weighted by Crippen LogP contribution is 2.16. The quantitative estimate of drug-likeness (QED) is 0.788. The molecule has 140 valence electrons. The SMILES string of the molecule is CCOC(=O)CCNC(=O)N1CCN(Cc2nc3ccccc3o2)CC1. The van der Waals surface area contributed by atoms with Crippen molar-refractivity contribution < 1.29 is 18.7 Å². The summed E-state index contributed by atoms with van der Waals surface area (Å²) in [6.07, 6.45) is 0.192. The average molecular weight is 360 g/mol. The van der Waals surface area contributed by atoms with Gasteiger partial charge >= 0.3 is 12.0 Å². The lowest BCUT2D eigenvalue weighted by molar-refractivity contribution is -0.142. The number of nitrogens with zero attached hydrogens (tertiary/aromatic N) is 3. The first-order valence-corrected chi connectivity index (χ1v) is 8.91. The number of carbonyl (C=O) groups excluding carboxylic acids is 2. The lowest BCUT2D eigenvalue weighted by Crippen LogP contribution is -2.51. The summed E-state index contributed by atoms with van der Waals surface area (Å²) in [6, 6.07) is 7.56. The summed E-state index contributed by atoms with van der Waals surface area (Å²) in [7, 11) is 0. The highest BCUT2D eigenvalue weighted by molar-refractivity contribution is 5.75.